The number of rotatable bonds is 4. The quantitative estimate of drug-likeness (QED) is 0.848. The zero-order valence-corrected chi connectivity index (χ0v) is 10.0. The lowest BCUT2D eigenvalue weighted by Gasteiger charge is -2.07. The molecule has 6 heteroatoms. The molecule has 0 saturated heterocycles. The van der Waals surface area contributed by atoms with Gasteiger partial charge in [-0.1, -0.05) is 12.1 Å². The fourth-order valence-electron chi connectivity index (χ4n) is 1.53. The first-order chi connectivity index (χ1) is 8.70. The summed E-state index contributed by atoms with van der Waals surface area (Å²) in [5.41, 5.74) is 6.67. The lowest BCUT2D eigenvalue weighted by Crippen LogP contribution is -2.16. The van der Waals surface area contributed by atoms with Gasteiger partial charge in [0.05, 0.1) is 11.3 Å². The average molecular weight is 246 g/mol. The van der Waals surface area contributed by atoms with Crippen LogP contribution in [0.3, 0.4) is 0 Å². The summed E-state index contributed by atoms with van der Waals surface area (Å²) in [6.45, 7) is 2.03. The number of hydrogen-bond acceptors (Lipinski definition) is 5. The molecule has 18 heavy (non-hydrogen) atoms. The third-order valence-corrected chi connectivity index (χ3v) is 2.33. The molecule has 1 heterocycles. The Balaban J connectivity index is 2.28. The Morgan fingerprint density at radius 1 is 1.39 bits per heavy atom. The van der Waals surface area contributed by atoms with Gasteiger partial charge in [0.2, 0.25) is 17.7 Å². The van der Waals surface area contributed by atoms with Gasteiger partial charge in [-0.15, -0.1) is 10.2 Å². The Labute approximate surface area is 104 Å². The molecule has 6 nitrogen and oxygen atoms in total. The van der Waals surface area contributed by atoms with E-state index in [1.165, 1.54) is 0 Å². The van der Waals surface area contributed by atoms with Crippen LogP contribution >= 0.6 is 0 Å². The summed E-state index contributed by atoms with van der Waals surface area (Å²) in [6.07, 6.45) is 0.275. The van der Waals surface area contributed by atoms with Crippen molar-refractivity contribution in [1.29, 1.82) is 0 Å². The molecule has 94 valence electrons. The minimum absolute atomic E-state index is 0.138. The highest BCUT2D eigenvalue weighted by Gasteiger charge is 2.12. The third kappa shape index (κ3) is 2.72. The number of benzene rings is 1. The molecule has 0 bridgehead atoms. The van der Waals surface area contributed by atoms with Crippen LogP contribution in [0.15, 0.2) is 28.7 Å². The van der Waals surface area contributed by atoms with Crippen LogP contribution in [0, 0.1) is 6.92 Å². The van der Waals surface area contributed by atoms with Crippen LogP contribution in [0.1, 0.15) is 12.3 Å². The van der Waals surface area contributed by atoms with Crippen molar-refractivity contribution in [3.8, 4) is 11.5 Å². The summed E-state index contributed by atoms with van der Waals surface area (Å²) >= 11 is 0. The number of nitrogens with one attached hydrogen (secondary N) is 1. The Kier molecular flexibility index (Phi) is 3.69. The molecule has 0 aliphatic heterocycles. The van der Waals surface area contributed by atoms with E-state index in [2.05, 4.69) is 15.5 Å². The number of aromatic nitrogens is 2. The van der Waals surface area contributed by atoms with Gasteiger partial charge >= 0.3 is 0 Å². The molecule has 3 N–H and O–H groups in total. The van der Waals surface area contributed by atoms with Gasteiger partial charge in [0.25, 0.3) is 0 Å². The maximum atomic E-state index is 11.5. The summed E-state index contributed by atoms with van der Waals surface area (Å²) in [5.74, 6) is 0.727. The lowest BCUT2D eigenvalue weighted by atomic mass is 10.1. The lowest BCUT2D eigenvalue weighted by molar-refractivity contribution is -0.116. The average Bonchev–Trinajstić information content (AvgIpc) is 2.77. The van der Waals surface area contributed by atoms with Gasteiger partial charge in [-0.25, -0.2) is 0 Å². The highest BCUT2D eigenvalue weighted by Crippen LogP contribution is 2.26. The summed E-state index contributed by atoms with van der Waals surface area (Å²) in [7, 11) is 0. The molecular formula is C12H14N4O2. The van der Waals surface area contributed by atoms with Crippen molar-refractivity contribution < 1.29 is 9.21 Å². The fourth-order valence-corrected chi connectivity index (χ4v) is 1.53. The number of hydrogen-bond donors (Lipinski definition) is 2. The fraction of sp³-hybridized carbons (Fsp3) is 0.250. The number of amides is 1. The molecule has 1 aromatic carbocycles. The molecule has 0 saturated carbocycles. The SMILES string of the molecule is Cc1nnc(-c2ccccc2NC(=O)CCN)o1. The molecular weight excluding hydrogens is 232 g/mol. The van der Waals surface area contributed by atoms with E-state index in [9.17, 15) is 4.79 Å². The second-order valence-corrected chi connectivity index (χ2v) is 3.76. The normalized spacial score (nSPS) is 10.3. The van der Waals surface area contributed by atoms with E-state index in [0.29, 0.717) is 29.6 Å². The standard InChI is InChI=1S/C12H14N4O2/c1-8-15-16-12(18-8)9-4-2-3-5-10(9)14-11(17)6-7-13/h2-5H,6-7,13H2,1H3,(H,14,17). The van der Waals surface area contributed by atoms with Gasteiger partial charge < -0.3 is 15.5 Å². The first-order valence-corrected chi connectivity index (χ1v) is 5.60. The van der Waals surface area contributed by atoms with E-state index in [1.54, 1.807) is 13.0 Å². The third-order valence-electron chi connectivity index (χ3n) is 2.33. The van der Waals surface area contributed by atoms with Gasteiger partial charge in [-0.2, -0.15) is 0 Å². The molecule has 1 aromatic heterocycles. The van der Waals surface area contributed by atoms with E-state index < -0.39 is 0 Å². The Morgan fingerprint density at radius 2 is 2.17 bits per heavy atom. The predicted molar refractivity (Wildman–Crippen MR) is 66.8 cm³/mol. The van der Waals surface area contributed by atoms with Crippen LogP contribution < -0.4 is 11.1 Å². The summed E-state index contributed by atoms with van der Waals surface area (Å²) in [4.78, 5) is 11.5. The molecule has 0 aliphatic rings. The van der Waals surface area contributed by atoms with Crippen LogP contribution in [0.25, 0.3) is 11.5 Å². The first kappa shape index (κ1) is 12.3. The van der Waals surface area contributed by atoms with Gasteiger partial charge in [-0.3, -0.25) is 4.79 Å². The number of para-hydroxylation sites is 1. The second kappa shape index (κ2) is 5.42. The van der Waals surface area contributed by atoms with E-state index in [1.807, 2.05) is 18.2 Å². The summed E-state index contributed by atoms with van der Waals surface area (Å²) in [5, 5.41) is 10.5. The molecule has 0 spiro atoms. The van der Waals surface area contributed by atoms with E-state index in [-0.39, 0.29) is 12.3 Å². The Morgan fingerprint density at radius 3 is 2.83 bits per heavy atom. The Hall–Kier alpha value is -2.21. The maximum absolute atomic E-state index is 11.5. The number of carbonyl (C=O) groups excluding carboxylic acids is 1. The van der Waals surface area contributed by atoms with E-state index in [0.717, 1.165) is 0 Å². The molecule has 1 amide bonds. The highest BCUT2D eigenvalue weighted by atomic mass is 16.4. The van der Waals surface area contributed by atoms with Crippen LogP contribution in [0.2, 0.25) is 0 Å². The van der Waals surface area contributed by atoms with Crippen LogP contribution in [-0.4, -0.2) is 22.6 Å². The molecule has 0 fully saturated rings. The molecule has 0 radical (unpaired) electrons. The van der Waals surface area contributed by atoms with Gasteiger partial charge in [0.15, 0.2) is 0 Å². The van der Waals surface area contributed by atoms with E-state index in [4.69, 9.17) is 10.2 Å². The predicted octanol–water partition coefficient (Wildman–Crippen LogP) is 1.33. The van der Waals surface area contributed by atoms with Crippen LogP contribution in [-0.2, 0) is 4.79 Å². The molecule has 2 aromatic rings. The van der Waals surface area contributed by atoms with Gasteiger partial charge in [0.1, 0.15) is 0 Å². The van der Waals surface area contributed by atoms with Crippen molar-refractivity contribution in [3.63, 3.8) is 0 Å². The summed E-state index contributed by atoms with van der Waals surface area (Å²) in [6, 6.07) is 7.26. The van der Waals surface area contributed by atoms with Crippen LogP contribution in [0.5, 0.6) is 0 Å². The second-order valence-electron chi connectivity index (χ2n) is 3.76. The Bertz CT molecular complexity index is 551. The zero-order chi connectivity index (χ0) is 13.0. The van der Waals surface area contributed by atoms with Crippen molar-refractivity contribution in [2.45, 2.75) is 13.3 Å². The van der Waals surface area contributed by atoms with Crippen molar-refractivity contribution in [2.75, 3.05) is 11.9 Å². The molecule has 0 aliphatic carbocycles. The number of nitrogens with two attached hydrogens (primary N) is 1. The highest BCUT2D eigenvalue weighted by molar-refractivity contribution is 5.94. The van der Waals surface area contributed by atoms with Crippen LogP contribution in [0.4, 0.5) is 5.69 Å². The van der Waals surface area contributed by atoms with Crippen molar-refractivity contribution in [3.05, 3.63) is 30.2 Å². The molecule has 2 rings (SSSR count). The first-order valence-electron chi connectivity index (χ1n) is 5.60. The topological polar surface area (TPSA) is 94.0 Å². The monoisotopic (exact) mass is 246 g/mol. The largest absolute Gasteiger partial charge is 0.421 e. The molecule has 0 atom stereocenters. The summed E-state index contributed by atoms with van der Waals surface area (Å²) < 4.78 is 5.35. The van der Waals surface area contributed by atoms with Gasteiger partial charge in [0, 0.05) is 19.9 Å². The van der Waals surface area contributed by atoms with Gasteiger partial charge in [-0.05, 0) is 12.1 Å². The smallest absolute Gasteiger partial charge is 0.249 e. The minimum Gasteiger partial charge on any atom is -0.421 e. The van der Waals surface area contributed by atoms with Crippen molar-refractivity contribution >= 4 is 11.6 Å². The number of carbonyl (C=O) groups is 1. The van der Waals surface area contributed by atoms with Crippen molar-refractivity contribution in [2.24, 2.45) is 5.73 Å². The number of aryl methyl sites for hydroxylation is 1. The number of anilines is 1. The maximum Gasteiger partial charge on any atom is 0.249 e. The molecule has 0 unspecified atom stereocenters. The zero-order valence-electron chi connectivity index (χ0n) is 10.0. The minimum atomic E-state index is -0.138. The van der Waals surface area contributed by atoms with E-state index >= 15 is 0 Å². The van der Waals surface area contributed by atoms with Crippen molar-refractivity contribution in [1.82, 2.24) is 10.2 Å². The number of nitrogens with zero attached hydrogens (tertiary/aromatic N) is 2.